The number of ether oxygens (including phenoxy) is 1. The van der Waals surface area contributed by atoms with Crippen LogP contribution in [0, 0.1) is 17.8 Å². The Morgan fingerprint density at radius 2 is 1.70 bits per heavy atom. The van der Waals surface area contributed by atoms with Gasteiger partial charge in [0.2, 0.25) is 5.88 Å². The summed E-state index contributed by atoms with van der Waals surface area (Å²) < 4.78 is 43.7. The minimum atomic E-state index is -4.35. The summed E-state index contributed by atoms with van der Waals surface area (Å²) >= 11 is 0. The van der Waals surface area contributed by atoms with E-state index in [1.54, 1.807) is 12.1 Å². The van der Waals surface area contributed by atoms with E-state index in [4.69, 9.17) is 4.74 Å². The minimum Gasteiger partial charge on any atom is -0.472 e. The molecular weight excluding hydrogens is 355 g/mol. The van der Waals surface area contributed by atoms with E-state index in [2.05, 4.69) is 26.9 Å². The number of piperidine rings is 3. The van der Waals surface area contributed by atoms with Crippen LogP contribution in [0.15, 0.2) is 36.4 Å². The first-order chi connectivity index (χ1) is 13.0. The average molecular weight is 373 g/mol. The highest BCUT2D eigenvalue weighted by molar-refractivity contribution is 5.41. The Labute approximate surface area is 155 Å². The van der Waals surface area contributed by atoms with Crippen molar-refractivity contribution in [1.82, 2.24) is 15.1 Å². The number of nitrogens with zero attached hydrogens (tertiary/aromatic N) is 3. The van der Waals surface area contributed by atoms with Crippen LogP contribution in [0.1, 0.15) is 29.7 Å². The number of hydrogen-bond acceptors (Lipinski definition) is 4. The maximum atomic E-state index is 12.6. The number of alkyl halides is 3. The van der Waals surface area contributed by atoms with Gasteiger partial charge in [-0.1, -0.05) is 5.92 Å². The summed E-state index contributed by atoms with van der Waals surface area (Å²) in [4.78, 5) is 2.40. The van der Waals surface area contributed by atoms with E-state index in [0.717, 1.165) is 44.6 Å². The third-order valence-electron chi connectivity index (χ3n) is 5.06. The van der Waals surface area contributed by atoms with Gasteiger partial charge in [0.25, 0.3) is 0 Å². The van der Waals surface area contributed by atoms with Gasteiger partial charge in [-0.15, -0.1) is 10.2 Å². The molecule has 5 rings (SSSR count). The van der Waals surface area contributed by atoms with Gasteiger partial charge in [-0.05, 0) is 68.1 Å². The number of aromatic nitrogens is 2. The van der Waals surface area contributed by atoms with Crippen LogP contribution in [0.3, 0.4) is 0 Å². The van der Waals surface area contributed by atoms with Gasteiger partial charge in [-0.2, -0.15) is 13.2 Å². The Morgan fingerprint density at radius 1 is 0.963 bits per heavy atom. The fourth-order valence-corrected chi connectivity index (χ4v) is 3.53. The highest BCUT2D eigenvalue weighted by atomic mass is 19.4. The highest BCUT2D eigenvalue weighted by Crippen LogP contribution is 2.30. The van der Waals surface area contributed by atoms with E-state index in [1.807, 2.05) is 0 Å². The second kappa shape index (κ2) is 7.20. The van der Waals surface area contributed by atoms with Crippen LogP contribution in [0.2, 0.25) is 0 Å². The van der Waals surface area contributed by atoms with Crippen molar-refractivity contribution in [1.29, 1.82) is 0 Å². The van der Waals surface area contributed by atoms with Crippen molar-refractivity contribution in [2.45, 2.75) is 25.1 Å². The first-order valence-corrected chi connectivity index (χ1v) is 8.89. The van der Waals surface area contributed by atoms with Crippen LogP contribution in [-0.2, 0) is 6.18 Å². The molecule has 3 saturated heterocycles. The molecule has 7 heteroatoms. The maximum Gasteiger partial charge on any atom is 0.416 e. The molecule has 2 bridgehead atoms. The average Bonchev–Trinajstić information content (AvgIpc) is 2.68. The molecule has 0 N–H and O–H groups in total. The summed E-state index contributed by atoms with van der Waals surface area (Å²) in [5.74, 6) is 6.66. The molecule has 0 spiro atoms. The first-order valence-electron chi connectivity index (χ1n) is 8.89. The quantitative estimate of drug-likeness (QED) is 0.757. The predicted octanol–water partition coefficient (Wildman–Crippen LogP) is 3.37. The zero-order valence-corrected chi connectivity index (χ0v) is 14.5. The summed E-state index contributed by atoms with van der Waals surface area (Å²) in [5.41, 5.74) is 0.232. The number of fused-ring (bicyclic) bond motifs is 3. The lowest BCUT2D eigenvalue weighted by molar-refractivity contribution is -0.137. The lowest BCUT2D eigenvalue weighted by Gasteiger charge is -2.44. The van der Waals surface area contributed by atoms with Gasteiger partial charge in [0.1, 0.15) is 11.8 Å². The van der Waals surface area contributed by atoms with Gasteiger partial charge in [0.15, 0.2) is 0 Å². The number of hydrogen-bond donors (Lipinski definition) is 0. The Balaban J connectivity index is 1.39. The van der Waals surface area contributed by atoms with E-state index in [0.29, 0.717) is 23.1 Å². The molecule has 3 aliphatic rings. The number of rotatable bonds is 2. The number of halogens is 3. The van der Waals surface area contributed by atoms with E-state index < -0.39 is 11.7 Å². The van der Waals surface area contributed by atoms with Crippen LogP contribution in [0.5, 0.6) is 5.88 Å². The Hall–Kier alpha value is -2.59. The van der Waals surface area contributed by atoms with Gasteiger partial charge in [-0.25, -0.2) is 0 Å². The van der Waals surface area contributed by atoms with Crippen molar-refractivity contribution in [3.8, 4) is 17.7 Å². The fourth-order valence-electron chi connectivity index (χ4n) is 3.53. The molecule has 1 unspecified atom stereocenters. The molecule has 0 aliphatic carbocycles. The van der Waals surface area contributed by atoms with Gasteiger partial charge >= 0.3 is 6.18 Å². The second-order valence-electron chi connectivity index (χ2n) is 6.88. The third-order valence-corrected chi connectivity index (χ3v) is 5.06. The molecule has 4 nitrogen and oxygen atoms in total. The van der Waals surface area contributed by atoms with Crippen LogP contribution in [0.4, 0.5) is 13.2 Å². The molecule has 2 aromatic rings. The smallest absolute Gasteiger partial charge is 0.416 e. The number of benzene rings is 1. The fraction of sp³-hybridized carbons (Fsp3) is 0.400. The summed E-state index contributed by atoms with van der Waals surface area (Å²) in [6.45, 7) is 3.23. The topological polar surface area (TPSA) is 38.2 Å². The standard InChI is InChI=1S/C20H18F3N3O/c21-20(22,23)16-4-1-14(2-5-16)3-6-17-7-8-19(25-24-17)27-18-13-26-11-9-15(18)10-12-26/h1-2,4-5,7-8,15,18H,9-13H2. The maximum absolute atomic E-state index is 12.6. The molecular formula is C20H18F3N3O. The zero-order chi connectivity index (χ0) is 18.9. The van der Waals surface area contributed by atoms with E-state index >= 15 is 0 Å². The molecule has 1 aromatic heterocycles. The summed E-state index contributed by atoms with van der Waals surface area (Å²) in [6.07, 6.45) is -1.86. The monoisotopic (exact) mass is 373 g/mol. The van der Waals surface area contributed by atoms with E-state index in [-0.39, 0.29) is 6.10 Å². The van der Waals surface area contributed by atoms with Crippen molar-refractivity contribution in [3.63, 3.8) is 0 Å². The lowest BCUT2D eigenvalue weighted by atomic mass is 9.86. The SMILES string of the molecule is FC(F)(F)c1ccc(C#Cc2ccc(OC3CN4CCC3CC4)nn2)cc1. The third kappa shape index (κ3) is 4.22. The molecule has 3 fully saturated rings. The molecule has 0 amide bonds. The zero-order valence-electron chi connectivity index (χ0n) is 14.5. The molecule has 1 atom stereocenters. The molecule has 3 aliphatic heterocycles. The minimum absolute atomic E-state index is 0.158. The second-order valence-corrected chi connectivity index (χ2v) is 6.88. The highest BCUT2D eigenvalue weighted by Gasteiger charge is 2.35. The van der Waals surface area contributed by atoms with Gasteiger partial charge in [0, 0.05) is 18.2 Å². The van der Waals surface area contributed by atoms with Gasteiger partial charge in [-0.3, -0.25) is 4.90 Å². The van der Waals surface area contributed by atoms with Crippen molar-refractivity contribution in [2.75, 3.05) is 19.6 Å². The first kappa shape index (κ1) is 17.8. The molecule has 140 valence electrons. The molecule has 4 heterocycles. The van der Waals surface area contributed by atoms with Crippen molar-refractivity contribution < 1.29 is 17.9 Å². The van der Waals surface area contributed by atoms with Crippen molar-refractivity contribution >= 4 is 0 Å². The van der Waals surface area contributed by atoms with E-state index in [1.165, 1.54) is 12.1 Å². The van der Waals surface area contributed by atoms with Crippen LogP contribution >= 0.6 is 0 Å². The normalized spacial score (nSPS) is 24.2. The molecule has 0 radical (unpaired) electrons. The molecule has 0 saturated carbocycles. The molecule has 1 aromatic carbocycles. The largest absolute Gasteiger partial charge is 0.472 e. The lowest BCUT2D eigenvalue weighted by Crippen LogP contribution is -2.52. The summed E-state index contributed by atoms with van der Waals surface area (Å²) in [7, 11) is 0. The Kier molecular flexibility index (Phi) is 4.75. The Bertz CT molecular complexity index is 845. The van der Waals surface area contributed by atoms with Gasteiger partial charge in [0.05, 0.1) is 5.56 Å². The summed E-state index contributed by atoms with van der Waals surface area (Å²) in [5, 5.41) is 8.11. The van der Waals surface area contributed by atoms with Crippen LogP contribution in [-0.4, -0.2) is 40.8 Å². The van der Waals surface area contributed by atoms with Crippen LogP contribution in [0.25, 0.3) is 0 Å². The van der Waals surface area contributed by atoms with E-state index in [9.17, 15) is 13.2 Å². The summed E-state index contributed by atoms with van der Waals surface area (Å²) in [6, 6.07) is 8.16. The van der Waals surface area contributed by atoms with Gasteiger partial charge < -0.3 is 4.74 Å². The molecule has 27 heavy (non-hydrogen) atoms. The van der Waals surface area contributed by atoms with Crippen molar-refractivity contribution in [3.05, 3.63) is 53.2 Å². The van der Waals surface area contributed by atoms with Crippen molar-refractivity contribution in [2.24, 2.45) is 5.92 Å². The predicted molar refractivity (Wildman–Crippen MR) is 93.0 cm³/mol. The Morgan fingerprint density at radius 3 is 2.26 bits per heavy atom. The van der Waals surface area contributed by atoms with Crippen LogP contribution < -0.4 is 4.74 Å².